The summed E-state index contributed by atoms with van der Waals surface area (Å²) in [6, 6.07) is 33.1. The van der Waals surface area contributed by atoms with Gasteiger partial charge in [-0.1, -0.05) is 72.8 Å². The van der Waals surface area contributed by atoms with Crippen molar-refractivity contribution >= 4 is 35.0 Å². The molecule has 0 radical (unpaired) electrons. The van der Waals surface area contributed by atoms with E-state index in [0.29, 0.717) is 22.5 Å². The first-order valence-corrected chi connectivity index (χ1v) is 13.9. The van der Waals surface area contributed by atoms with Gasteiger partial charge < -0.3 is 9.80 Å². The zero-order valence-corrected chi connectivity index (χ0v) is 23.4. The molecular weight excluding hydrogens is 528 g/mol. The fourth-order valence-corrected chi connectivity index (χ4v) is 6.09. The van der Waals surface area contributed by atoms with Crippen LogP contribution in [0.4, 0.5) is 11.4 Å². The Hall–Kier alpha value is -5.24. The molecule has 6 rings (SSSR count). The third kappa shape index (κ3) is 4.51. The number of fused-ring (bicyclic) bond motifs is 2. The summed E-state index contributed by atoms with van der Waals surface area (Å²) >= 11 is 0. The van der Waals surface area contributed by atoms with Gasteiger partial charge in [0.25, 0.3) is 11.8 Å². The molecule has 0 bridgehead atoms. The molecule has 4 aromatic rings. The highest BCUT2D eigenvalue weighted by molar-refractivity contribution is 6.04. The molecule has 8 nitrogen and oxygen atoms in total. The van der Waals surface area contributed by atoms with Crippen molar-refractivity contribution in [2.24, 2.45) is 0 Å². The number of anilines is 2. The average molecular weight is 559 g/mol. The van der Waals surface area contributed by atoms with Crippen LogP contribution in [0.25, 0.3) is 0 Å². The molecule has 42 heavy (non-hydrogen) atoms. The minimum atomic E-state index is -0.690. The smallest absolute Gasteiger partial charge is 0.256 e. The number of carbonyl (C=O) groups is 4. The summed E-state index contributed by atoms with van der Waals surface area (Å²) in [7, 11) is 0. The number of hydrogen-bond acceptors (Lipinski definition) is 4. The van der Waals surface area contributed by atoms with Crippen molar-refractivity contribution < 1.29 is 19.2 Å². The molecule has 2 aliphatic heterocycles. The van der Waals surface area contributed by atoms with E-state index in [-0.39, 0.29) is 36.7 Å². The Kier molecular flexibility index (Phi) is 7.04. The Bertz CT molecular complexity index is 1550. The Morgan fingerprint density at radius 1 is 0.548 bits per heavy atom. The Morgan fingerprint density at radius 3 is 1.24 bits per heavy atom. The first-order valence-electron chi connectivity index (χ1n) is 13.9. The topological polar surface area (TPSA) is 81.2 Å². The standard InChI is InChI=1S/C34H30N4O4/c1-23(39)37(25-13-5-3-6-14-25)31-27-17-9-11-19-29(27)33(41)35(31)21-22-36-32(28-18-10-12-20-30(28)34(36)42)38(24(2)40)26-15-7-4-8-16-26/h3-20,31-32H,21-22H2,1-2H3/t31-,32+. The number of benzene rings is 4. The first-order chi connectivity index (χ1) is 20.4. The normalized spacial score (nSPS) is 17.2. The van der Waals surface area contributed by atoms with E-state index in [2.05, 4.69) is 0 Å². The van der Waals surface area contributed by atoms with Crippen molar-refractivity contribution in [3.05, 3.63) is 131 Å². The number of para-hydroxylation sites is 2. The molecule has 8 heteroatoms. The van der Waals surface area contributed by atoms with Crippen molar-refractivity contribution in [2.45, 2.75) is 26.2 Å². The van der Waals surface area contributed by atoms with Gasteiger partial charge in [0.15, 0.2) is 0 Å². The SMILES string of the molecule is CC(=O)N(c1ccccc1)[C@@H]1c2ccccc2C(=O)N1CCN1C(=O)c2ccccc2[C@@H]1N(C(C)=O)c1ccccc1. The molecule has 0 fully saturated rings. The number of hydrogen-bond donors (Lipinski definition) is 0. The first kappa shape index (κ1) is 27.0. The minimum Gasteiger partial charge on any atom is -0.312 e. The molecule has 2 atom stereocenters. The summed E-state index contributed by atoms with van der Waals surface area (Å²) in [4.78, 5) is 60.4. The van der Waals surface area contributed by atoms with Gasteiger partial charge >= 0.3 is 0 Å². The van der Waals surface area contributed by atoms with Gasteiger partial charge in [-0.3, -0.25) is 29.0 Å². The summed E-state index contributed by atoms with van der Waals surface area (Å²) in [5, 5.41) is 0. The zero-order chi connectivity index (χ0) is 29.4. The molecule has 2 aliphatic rings. The second-order valence-electron chi connectivity index (χ2n) is 10.4. The van der Waals surface area contributed by atoms with E-state index in [4.69, 9.17) is 0 Å². The van der Waals surface area contributed by atoms with Crippen LogP contribution < -0.4 is 9.80 Å². The van der Waals surface area contributed by atoms with Crippen LogP contribution in [0.3, 0.4) is 0 Å². The van der Waals surface area contributed by atoms with Crippen molar-refractivity contribution in [3.63, 3.8) is 0 Å². The predicted octanol–water partition coefficient (Wildman–Crippen LogP) is 5.40. The summed E-state index contributed by atoms with van der Waals surface area (Å²) in [5.41, 5.74) is 3.82. The van der Waals surface area contributed by atoms with Gasteiger partial charge in [-0.2, -0.15) is 0 Å². The van der Waals surface area contributed by atoms with Crippen molar-refractivity contribution in [1.82, 2.24) is 9.80 Å². The van der Waals surface area contributed by atoms with E-state index in [1.54, 1.807) is 43.9 Å². The summed E-state index contributed by atoms with van der Waals surface area (Å²) in [6.45, 7) is 3.26. The maximum Gasteiger partial charge on any atom is 0.256 e. The summed E-state index contributed by atoms with van der Waals surface area (Å²) in [5.74, 6) is -0.861. The average Bonchev–Trinajstić information content (AvgIpc) is 3.43. The molecule has 0 aromatic heterocycles. The fraction of sp³-hybridized carbons (Fsp3) is 0.176. The highest BCUT2D eigenvalue weighted by Crippen LogP contribution is 2.41. The lowest BCUT2D eigenvalue weighted by Gasteiger charge is -2.38. The van der Waals surface area contributed by atoms with Crippen LogP contribution in [0.15, 0.2) is 109 Å². The molecule has 0 saturated carbocycles. The fourth-order valence-electron chi connectivity index (χ4n) is 6.09. The third-order valence-corrected chi connectivity index (χ3v) is 7.87. The molecule has 0 unspecified atom stereocenters. The molecule has 0 aliphatic carbocycles. The van der Waals surface area contributed by atoms with Gasteiger partial charge in [0, 0.05) is 60.6 Å². The van der Waals surface area contributed by atoms with Crippen LogP contribution in [0.2, 0.25) is 0 Å². The lowest BCUT2D eigenvalue weighted by molar-refractivity contribution is -0.118. The Labute approximate surface area is 244 Å². The van der Waals surface area contributed by atoms with Crippen molar-refractivity contribution in [2.75, 3.05) is 22.9 Å². The number of amides is 4. The van der Waals surface area contributed by atoms with Crippen molar-refractivity contribution in [3.8, 4) is 0 Å². The van der Waals surface area contributed by atoms with Gasteiger partial charge in [0.1, 0.15) is 12.3 Å². The van der Waals surface area contributed by atoms with E-state index in [0.717, 1.165) is 11.1 Å². The van der Waals surface area contributed by atoms with Gasteiger partial charge in [0.05, 0.1) is 0 Å². The highest BCUT2D eigenvalue weighted by atomic mass is 16.2. The lowest BCUT2D eigenvalue weighted by Crippen LogP contribution is -2.48. The quantitative estimate of drug-likeness (QED) is 0.304. The number of rotatable bonds is 7. The minimum absolute atomic E-state index is 0.144. The second kappa shape index (κ2) is 11.0. The largest absolute Gasteiger partial charge is 0.312 e. The molecule has 210 valence electrons. The Balaban J connectivity index is 1.39. The third-order valence-electron chi connectivity index (χ3n) is 7.87. The summed E-state index contributed by atoms with van der Waals surface area (Å²) in [6.07, 6.45) is -1.38. The van der Waals surface area contributed by atoms with Crippen LogP contribution in [0, 0.1) is 0 Å². The van der Waals surface area contributed by atoms with Crippen LogP contribution >= 0.6 is 0 Å². The van der Waals surface area contributed by atoms with Gasteiger partial charge in [-0.15, -0.1) is 0 Å². The maximum atomic E-state index is 13.8. The van der Waals surface area contributed by atoms with E-state index in [9.17, 15) is 19.2 Å². The molecular formula is C34H30N4O4. The van der Waals surface area contributed by atoms with Crippen LogP contribution in [-0.4, -0.2) is 46.5 Å². The monoisotopic (exact) mass is 558 g/mol. The van der Waals surface area contributed by atoms with Crippen LogP contribution in [0.5, 0.6) is 0 Å². The van der Waals surface area contributed by atoms with E-state index in [1.807, 2.05) is 84.9 Å². The molecule has 0 N–H and O–H groups in total. The molecule has 0 saturated heterocycles. The van der Waals surface area contributed by atoms with Crippen molar-refractivity contribution in [1.29, 1.82) is 0 Å². The molecule has 4 aromatic carbocycles. The van der Waals surface area contributed by atoms with Gasteiger partial charge in [-0.25, -0.2) is 0 Å². The molecule has 0 spiro atoms. The van der Waals surface area contributed by atoms with Gasteiger partial charge in [0.2, 0.25) is 11.8 Å². The van der Waals surface area contributed by atoms with E-state index in [1.165, 1.54) is 13.8 Å². The molecule has 2 heterocycles. The number of carbonyl (C=O) groups excluding carboxylic acids is 4. The van der Waals surface area contributed by atoms with E-state index >= 15 is 0 Å². The lowest BCUT2D eigenvalue weighted by atomic mass is 10.1. The predicted molar refractivity (Wildman–Crippen MR) is 160 cm³/mol. The molecule has 4 amide bonds. The highest BCUT2D eigenvalue weighted by Gasteiger charge is 2.45. The second-order valence-corrected chi connectivity index (χ2v) is 10.4. The van der Waals surface area contributed by atoms with Gasteiger partial charge in [-0.05, 0) is 36.4 Å². The maximum absolute atomic E-state index is 13.8. The summed E-state index contributed by atoms with van der Waals surface area (Å²) < 4.78 is 0. The Morgan fingerprint density at radius 2 is 0.881 bits per heavy atom. The van der Waals surface area contributed by atoms with Crippen LogP contribution in [0.1, 0.15) is 58.0 Å². The number of nitrogens with zero attached hydrogens (tertiary/aromatic N) is 4. The zero-order valence-electron chi connectivity index (χ0n) is 23.4. The van der Waals surface area contributed by atoms with Crippen LogP contribution in [-0.2, 0) is 9.59 Å². The van der Waals surface area contributed by atoms with E-state index < -0.39 is 12.3 Å².